The highest BCUT2D eigenvalue weighted by molar-refractivity contribution is 5.93. The van der Waals surface area contributed by atoms with Crippen LogP contribution in [0.4, 0.5) is 23.7 Å². The second-order valence-corrected chi connectivity index (χ2v) is 5.93. The lowest BCUT2D eigenvalue weighted by Crippen LogP contribution is -2.54. The summed E-state index contributed by atoms with van der Waals surface area (Å²) < 4.78 is 43.5. The summed E-state index contributed by atoms with van der Waals surface area (Å²) >= 11 is 0. The predicted octanol–water partition coefficient (Wildman–Crippen LogP) is 4.49. The van der Waals surface area contributed by atoms with Crippen LogP contribution in [0.25, 0.3) is 0 Å². The first kappa shape index (κ1) is 17.3. The molecule has 1 atom stereocenters. The van der Waals surface area contributed by atoms with Crippen LogP contribution in [0.15, 0.2) is 54.6 Å². The summed E-state index contributed by atoms with van der Waals surface area (Å²) in [4.78, 5) is 13.8. The summed E-state index contributed by atoms with van der Waals surface area (Å²) in [6, 6.07) is 15.2. The quantitative estimate of drug-likeness (QED) is 0.883. The number of carbonyl (C=O) groups is 1. The van der Waals surface area contributed by atoms with E-state index >= 15 is 0 Å². The molecule has 0 aliphatic carbocycles. The number of nitrogens with one attached hydrogen (secondary N) is 1. The van der Waals surface area contributed by atoms with Crippen molar-refractivity contribution in [2.75, 3.05) is 11.9 Å². The second kappa shape index (κ2) is 6.40. The number of fused-ring (bicyclic) bond motifs is 1. The third-order valence-corrected chi connectivity index (χ3v) is 4.13. The molecule has 7 heteroatoms. The molecule has 0 fully saturated rings. The fraction of sp³-hybridized carbons (Fsp3) is 0.278. The number of ether oxygens (including phenoxy) is 1. The van der Waals surface area contributed by atoms with Crippen LogP contribution in [0.1, 0.15) is 18.1 Å². The van der Waals surface area contributed by atoms with Gasteiger partial charge in [0, 0.05) is 5.56 Å². The van der Waals surface area contributed by atoms with Crippen molar-refractivity contribution < 1.29 is 22.7 Å². The van der Waals surface area contributed by atoms with E-state index in [4.69, 9.17) is 4.74 Å². The fourth-order valence-electron chi connectivity index (χ4n) is 2.89. The van der Waals surface area contributed by atoms with Gasteiger partial charge in [-0.05, 0) is 18.6 Å². The van der Waals surface area contributed by atoms with Crippen molar-refractivity contribution in [3.05, 3.63) is 65.7 Å². The van der Waals surface area contributed by atoms with E-state index in [0.29, 0.717) is 11.3 Å². The molecule has 0 spiro atoms. The van der Waals surface area contributed by atoms with Crippen LogP contribution in [-0.4, -0.2) is 23.7 Å². The Morgan fingerprint density at radius 1 is 1.08 bits per heavy atom. The van der Waals surface area contributed by atoms with Crippen LogP contribution in [0, 0.1) is 0 Å². The molecule has 1 unspecified atom stereocenters. The van der Waals surface area contributed by atoms with E-state index in [2.05, 4.69) is 5.32 Å². The monoisotopic (exact) mass is 350 g/mol. The highest BCUT2D eigenvalue weighted by atomic mass is 19.4. The lowest BCUT2D eigenvalue weighted by Gasteiger charge is -2.45. The van der Waals surface area contributed by atoms with Crippen LogP contribution in [0.2, 0.25) is 0 Å². The minimum Gasteiger partial charge on any atom is -0.342 e. The molecule has 0 radical (unpaired) electrons. The molecule has 1 heterocycles. The number of hydrogen-bond acceptors (Lipinski definition) is 2. The number of amides is 2. The zero-order valence-corrected chi connectivity index (χ0v) is 13.5. The predicted molar refractivity (Wildman–Crippen MR) is 86.8 cm³/mol. The van der Waals surface area contributed by atoms with Crippen molar-refractivity contribution in [3.8, 4) is 0 Å². The van der Waals surface area contributed by atoms with E-state index in [0.717, 1.165) is 5.56 Å². The van der Waals surface area contributed by atoms with Crippen LogP contribution < -0.4 is 5.32 Å². The van der Waals surface area contributed by atoms with E-state index in [1.165, 1.54) is 11.8 Å². The first-order valence-corrected chi connectivity index (χ1v) is 7.72. The summed E-state index contributed by atoms with van der Waals surface area (Å²) in [5.74, 6) is 0. The van der Waals surface area contributed by atoms with Crippen molar-refractivity contribution >= 4 is 11.7 Å². The minimum atomic E-state index is -4.50. The molecular formula is C18H17F3N2O2. The summed E-state index contributed by atoms with van der Waals surface area (Å²) in [5, 5.41) is 2.71. The third-order valence-electron chi connectivity index (χ3n) is 4.13. The molecular weight excluding hydrogens is 333 g/mol. The normalized spacial score (nSPS) is 20.2. The molecule has 132 valence electrons. The van der Waals surface area contributed by atoms with Crippen molar-refractivity contribution in [2.24, 2.45) is 0 Å². The Labute approximate surface area is 143 Å². The van der Waals surface area contributed by atoms with E-state index in [-0.39, 0.29) is 6.54 Å². The zero-order chi connectivity index (χ0) is 18.1. The Morgan fingerprint density at radius 3 is 2.40 bits per heavy atom. The number of nitrogens with zero attached hydrogens (tertiary/aromatic N) is 1. The van der Waals surface area contributed by atoms with Gasteiger partial charge in [0.2, 0.25) is 0 Å². The van der Waals surface area contributed by atoms with E-state index in [1.807, 2.05) is 6.07 Å². The van der Waals surface area contributed by atoms with Gasteiger partial charge in [0.1, 0.15) is 6.61 Å². The maximum Gasteiger partial charge on any atom is 0.411 e. The molecule has 25 heavy (non-hydrogen) atoms. The summed E-state index contributed by atoms with van der Waals surface area (Å²) in [7, 11) is 0. The number of carbonyl (C=O) groups excluding carboxylic acids is 1. The molecule has 0 saturated carbocycles. The fourth-order valence-corrected chi connectivity index (χ4v) is 2.89. The van der Waals surface area contributed by atoms with Gasteiger partial charge in [0.05, 0.1) is 12.2 Å². The van der Waals surface area contributed by atoms with Crippen molar-refractivity contribution in [1.82, 2.24) is 4.90 Å². The average Bonchev–Trinajstić information content (AvgIpc) is 2.57. The standard InChI is InChI=1S/C18H17F3N2O2/c1-17(25-12-18(19,20)21)14-9-5-6-10-15(14)22-16(24)23(17)11-13-7-3-2-4-8-13/h2-10H,11-12H2,1H3,(H,22,24). The van der Waals surface area contributed by atoms with Gasteiger partial charge in [0.25, 0.3) is 0 Å². The van der Waals surface area contributed by atoms with E-state index in [1.54, 1.807) is 48.5 Å². The number of benzene rings is 2. The van der Waals surface area contributed by atoms with Crippen molar-refractivity contribution in [2.45, 2.75) is 25.4 Å². The largest absolute Gasteiger partial charge is 0.411 e. The Bertz CT molecular complexity index is 764. The topological polar surface area (TPSA) is 41.6 Å². The first-order valence-electron chi connectivity index (χ1n) is 7.72. The van der Waals surface area contributed by atoms with Gasteiger partial charge < -0.3 is 10.1 Å². The molecule has 2 aromatic carbocycles. The van der Waals surface area contributed by atoms with Crippen molar-refractivity contribution in [3.63, 3.8) is 0 Å². The second-order valence-electron chi connectivity index (χ2n) is 5.93. The smallest absolute Gasteiger partial charge is 0.342 e. The van der Waals surface area contributed by atoms with Gasteiger partial charge in [-0.2, -0.15) is 13.2 Å². The van der Waals surface area contributed by atoms with Gasteiger partial charge in [-0.25, -0.2) is 4.79 Å². The molecule has 0 saturated heterocycles. The summed E-state index contributed by atoms with van der Waals surface area (Å²) in [6.07, 6.45) is -4.50. The minimum absolute atomic E-state index is 0.120. The summed E-state index contributed by atoms with van der Waals surface area (Å²) in [5.41, 5.74) is 0.180. The number of para-hydroxylation sites is 1. The molecule has 2 amide bonds. The van der Waals surface area contributed by atoms with E-state index < -0.39 is 24.5 Å². The van der Waals surface area contributed by atoms with Crippen LogP contribution >= 0.6 is 0 Å². The number of hydrogen-bond donors (Lipinski definition) is 1. The van der Waals surface area contributed by atoms with E-state index in [9.17, 15) is 18.0 Å². The number of rotatable bonds is 4. The lowest BCUT2D eigenvalue weighted by atomic mass is 9.97. The SMILES string of the molecule is CC1(OCC(F)(F)F)c2ccccc2NC(=O)N1Cc1ccccc1. The van der Waals surface area contributed by atoms with Gasteiger partial charge >= 0.3 is 12.2 Å². The first-order chi connectivity index (χ1) is 11.8. The molecule has 2 aromatic rings. The maximum atomic E-state index is 12.8. The average molecular weight is 350 g/mol. The zero-order valence-electron chi connectivity index (χ0n) is 13.5. The highest BCUT2D eigenvalue weighted by Gasteiger charge is 2.46. The van der Waals surface area contributed by atoms with Gasteiger partial charge in [0.15, 0.2) is 5.72 Å². The van der Waals surface area contributed by atoms with Gasteiger partial charge in [-0.3, -0.25) is 4.90 Å². The molecule has 1 N–H and O–H groups in total. The van der Waals surface area contributed by atoms with Crippen molar-refractivity contribution in [1.29, 1.82) is 0 Å². The van der Waals surface area contributed by atoms with Crippen LogP contribution in [-0.2, 0) is 17.0 Å². The van der Waals surface area contributed by atoms with Crippen LogP contribution in [0.3, 0.4) is 0 Å². The summed E-state index contributed by atoms with van der Waals surface area (Å²) in [6.45, 7) is 0.158. The Balaban J connectivity index is 2.00. The third kappa shape index (κ3) is 3.61. The Kier molecular flexibility index (Phi) is 4.43. The number of alkyl halides is 3. The van der Waals surface area contributed by atoms with Gasteiger partial charge in [-0.1, -0.05) is 48.5 Å². The Hall–Kier alpha value is -2.54. The molecule has 0 aromatic heterocycles. The lowest BCUT2D eigenvalue weighted by molar-refractivity contribution is -0.232. The molecule has 1 aliphatic rings. The highest BCUT2D eigenvalue weighted by Crippen LogP contribution is 2.40. The molecule has 4 nitrogen and oxygen atoms in total. The van der Waals surface area contributed by atoms with Crippen LogP contribution in [0.5, 0.6) is 0 Å². The number of halogens is 3. The maximum absolute atomic E-state index is 12.8. The Morgan fingerprint density at radius 2 is 1.72 bits per heavy atom. The number of urea groups is 1. The molecule has 3 rings (SSSR count). The molecule has 1 aliphatic heterocycles. The molecule has 0 bridgehead atoms. The number of anilines is 1. The van der Waals surface area contributed by atoms with Gasteiger partial charge in [-0.15, -0.1) is 0 Å².